The third kappa shape index (κ3) is 3.61. The highest BCUT2D eigenvalue weighted by Gasteiger charge is 2.53. The summed E-state index contributed by atoms with van der Waals surface area (Å²) in [5, 5.41) is 1.80. The molecule has 4 saturated carbocycles. The van der Waals surface area contributed by atoms with E-state index in [0.29, 0.717) is 24.0 Å². The monoisotopic (exact) mass is 483 g/mol. The van der Waals surface area contributed by atoms with Gasteiger partial charge in [0.05, 0.1) is 15.2 Å². The second kappa shape index (κ2) is 7.76. The number of carbonyl (C=O) groups is 1. The largest absolute Gasteiger partial charge is 0.322 e. The number of hydrogen-bond acceptors (Lipinski definition) is 3. The Morgan fingerprint density at radius 2 is 1.47 bits per heavy atom. The molecule has 4 nitrogen and oxygen atoms in total. The smallest absolute Gasteiger partial charge is 0.255 e. The first kappa shape index (κ1) is 21.8. The summed E-state index contributed by atoms with van der Waals surface area (Å²) in [5.41, 5.74) is -0.311. The van der Waals surface area contributed by atoms with E-state index in [9.17, 15) is 26.4 Å². The molecule has 4 bridgehead atoms. The van der Waals surface area contributed by atoms with Crippen molar-refractivity contribution < 1.29 is 26.4 Å². The molecule has 0 saturated heterocycles. The maximum Gasteiger partial charge on any atom is 0.255 e. The summed E-state index contributed by atoms with van der Waals surface area (Å²) in [7, 11) is -3.78. The zero-order chi connectivity index (χ0) is 22.8. The Bertz CT molecular complexity index is 1170. The fraction of sp³-hybridized carbons (Fsp3) is 0.435. The van der Waals surface area contributed by atoms with Crippen LogP contribution in [0.15, 0.2) is 35.2 Å². The number of rotatable bonds is 4. The lowest BCUT2D eigenvalue weighted by Crippen LogP contribution is -2.51. The van der Waals surface area contributed by atoms with Gasteiger partial charge in [-0.3, -0.25) is 4.79 Å². The minimum Gasteiger partial charge on any atom is -0.322 e. The van der Waals surface area contributed by atoms with Crippen molar-refractivity contribution in [1.82, 2.24) is 0 Å². The van der Waals surface area contributed by atoms with Crippen LogP contribution in [-0.4, -0.2) is 19.6 Å². The third-order valence-electron chi connectivity index (χ3n) is 7.24. The molecule has 9 heteroatoms. The Hall–Kier alpha value is -2.06. The number of benzene rings is 2. The number of halogens is 4. The van der Waals surface area contributed by atoms with E-state index in [4.69, 9.17) is 11.6 Å². The lowest BCUT2D eigenvalue weighted by molar-refractivity contribution is 0.0237. The van der Waals surface area contributed by atoms with Crippen LogP contribution in [0.4, 0.5) is 18.9 Å². The number of sulfone groups is 1. The summed E-state index contributed by atoms with van der Waals surface area (Å²) < 4.78 is 67.4. The predicted molar refractivity (Wildman–Crippen MR) is 114 cm³/mol. The van der Waals surface area contributed by atoms with Crippen LogP contribution in [-0.2, 0) is 9.84 Å². The summed E-state index contributed by atoms with van der Waals surface area (Å²) in [6.45, 7) is 0. The molecule has 4 aliphatic rings. The van der Waals surface area contributed by atoms with Crippen LogP contribution in [0.3, 0.4) is 0 Å². The average Bonchev–Trinajstić information content (AvgIpc) is 2.71. The van der Waals surface area contributed by atoms with Gasteiger partial charge in [-0.15, -0.1) is 0 Å². The lowest BCUT2D eigenvalue weighted by atomic mass is 9.56. The number of amides is 1. The zero-order valence-corrected chi connectivity index (χ0v) is 18.5. The molecule has 4 fully saturated rings. The van der Waals surface area contributed by atoms with Gasteiger partial charge in [0.25, 0.3) is 5.91 Å². The Morgan fingerprint density at radius 1 is 0.906 bits per heavy atom. The molecule has 6 rings (SSSR count). The van der Waals surface area contributed by atoms with Gasteiger partial charge in [-0.1, -0.05) is 11.6 Å². The SMILES string of the molecule is O=C(Nc1cc(F)c(F)c(F)c1)c1ccc(Cl)c(S(=O)(=O)[C@H]2C3C[C@@H]4C[C@H](C3)C[C@@H]2C4)c1. The molecule has 2 aromatic rings. The van der Waals surface area contributed by atoms with Gasteiger partial charge < -0.3 is 5.32 Å². The van der Waals surface area contributed by atoms with Gasteiger partial charge in [0.2, 0.25) is 0 Å². The first-order valence-corrected chi connectivity index (χ1v) is 12.5. The quantitative estimate of drug-likeness (QED) is 0.575. The van der Waals surface area contributed by atoms with E-state index in [1.807, 2.05) is 0 Å². The zero-order valence-electron chi connectivity index (χ0n) is 17.0. The van der Waals surface area contributed by atoms with Crippen molar-refractivity contribution in [2.24, 2.45) is 23.7 Å². The van der Waals surface area contributed by atoms with Crippen molar-refractivity contribution in [3.63, 3.8) is 0 Å². The lowest BCUT2D eigenvalue weighted by Gasteiger charge is -2.53. The van der Waals surface area contributed by atoms with Crippen LogP contribution in [0.5, 0.6) is 0 Å². The topological polar surface area (TPSA) is 63.2 Å². The summed E-state index contributed by atoms with van der Waals surface area (Å²) >= 11 is 6.27. The van der Waals surface area contributed by atoms with E-state index in [1.54, 1.807) is 0 Å². The summed E-state index contributed by atoms with van der Waals surface area (Å²) in [4.78, 5) is 12.5. The van der Waals surface area contributed by atoms with Gasteiger partial charge in [0, 0.05) is 23.4 Å². The molecule has 0 aliphatic heterocycles. The van der Waals surface area contributed by atoms with Gasteiger partial charge in [-0.25, -0.2) is 21.6 Å². The number of anilines is 1. The molecule has 0 spiro atoms. The van der Waals surface area contributed by atoms with Gasteiger partial charge in [-0.2, -0.15) is 0 Å². The Balaban J connectivity index is 1.44. The molecular weight excluding hydrogens is 463 g/mol. The summed E-state index contributed by atoms with van der Waals surface area (Å²) in [5.74, 6) is -3.89. The first-order chi connectivity index (χ1) is 15.1. The maximum absolute atomic E-state index is 13.6. The Morgan fingerprint density at radius 3 is 2.03 bits per heavy atom. The highest BCUT2D eigenvalue weighted by atomic mass is 35.5. The van der Waals surface area contributed by atoms with E-state index in [0.717, 1.165) is 25.7 Å². The Kier molecular flexibility index (Phi) is 5.28. The van der Waals surface area contributed by atoms with Crippen LogP contribution in [0.25, 0.3) is 0 Å². The predicted octanol–water partition coefficient (Wildman–Crippen LogP) is 5.61. The molecule has 2 aromatic carbocycles. The van der Waals surface area contributed by atoms with E-state index >= 15 is 0 Å². The van der Waals surface area contributed by atoms with Crippen LogP contribution in [0, 0.1) is 41.1 Å². The normalized spacial score (nSPS) is 28.7. The van der Waals surface area contributed by atoms with Gasteiger partial charge >= 0.3 is 0 Å². The van der Waals surface area contributed by atoms with Crippen molar-refractivity contribution in [3.8, 4) is 0 Å². The minimum absolute atomic E-state index is 0.0260. The first-order valence-electron chi connectivity index (χ1n) is 10.6. The van der Waals surface area contributed by atoms with Crippen LogP contribution < -0.4 is 5.32 Å². The molecule has 4 aliphatic carbocycles. The number of nitrogens with one attached hydrogen (secondary N) is 1. The molecular formula is C23H21ClF3NO3S. The van der Waals surface area contributed by atoms with Gasteiger partial charge in [0.15, 0.2) is 27.3 Å². The molecule has 0 unspecified atom stereocenters. The number of carbonyl (C=O) groups excluding carboxylic acids is 1. The molecule has 0 atom stereocenters. The molecule has 1 amide bonds. The minimum atomic E-state index is -3.78. The maximum atomic E-state index is 13.6. The van der Waals surface area contributed by atoms with Crippen LogP contribution in [0.1, 0.15) is 42.5 Å². The van der Waals surface area contributed by atoms with Crippen molar-refractivity contribution in [3.05, 3.63) is 58.4 Å². The van der Waals surface area contributed by atoms with Gasteiger partial charge in [0.1, 0.15) is 0 Å². The van der Waals surface area contributed by atoms with Gasteiger partial charge in [-0.05, 0) is 74.0 Å². The van der Waals surface area contributed by atoms with Crippen molar-refractivity contribution in [2.45, 2.75) is 42.2 Å². The third-order valence-corrected chi connectivity index (χ3v) is 10.1. The highest BCUT2D eigenvalue weighted by molar-refractivity contribution is 7.92. The summed E-state index contributed by atoms with van der Waals surface area (Å²) in [6.07, 6.45) is 4.85. The molecule has 0 radical (unpaired) electrons. The van der Waals surface area contributed by atoms with Crippen molar-refractivity contribution in [2.75, 3.05) is 5.32 Å². The van der Waals surface area contributed by atoms with Crippen LogP contribution in [0.2, 0.25) is 5.02 Å². The fourth-order valence-corrected chi connectivity index (χ4v) is 9.04. The van der Waals surface area contributed by atoms with E-state index in [2.05, 4.69) is 5.32 Å². The van der Waals surface area contributed by atoms with E-state index in [-0.39, 0.29) is 33.0 Å². The second-order valence-corrected chi connectivity index (χ2v) is 11.8. The molecule has 0 aromatic heterocycles. The van der Waals surface area contributed by atoms with Crippen molar-refractivity contribution >= 4 is 33.0 Å². The standard InChI is InChI=1S/C23H21ClF3NO3S/c24-17-2-1-13(23(29)28-16-9-18(25)21(27)19(26)10-16)8-20(17)32(30,31)22-14-4-11-3-12(6-14)7-15(22)5-11/h1-2,8-12,14-15,22H,3-7H2,(H,28,29)/t11-,12+,14+,15?,22-/m1/s1. The molecule has 32 heavy (non-hydrogen) atoms. The van der Waals surface area contributed by atoms with Crippen molar-refractivity contribution in [1.29, 1.82) is 0 Å². The molecule has 0 heterocycles. The average molecular weight is 484 g/mol. The fourth-order valence-electron chi connectivity index (χ4n) is 6.22. The highest BCUT2D eigenvalue weighted by Crippen LogP contribution is 2.56. The van der Waals surface area contributed by atoms with E-state index < -0.39 is 38.4 Å². The molecule has 170 valence electrons. The van der Waals surface area contributed by atoms with E-state index in [1.165, 1.54) is 24.6 Å². The molecule has 1 N–H and O–H groups in total. The van der Waals surface area contributed by atoms with Crippen LogP contribution >= 0.6 is 11.6 Å². The summed E-state index contributed by atoms with van der Waals surface area (Å²) in [6, 6.07) is 5.19. The Labute approximate surface area is 189 Å². The number of hydrogen-bond donors (Lipinski definition) is 1. The second-order valence-electron chi connectivity index (χ2n) is 9.29.